The summed E-state index contributed by atoms with van der Waals surface area (Å²) in [6, 6.07) is 5.64. The Bertz CT molecular complexity index is 360. The highest BCUT2D eigenvalue weighted by Gasteiger charge is 2.16. The lowest BCUT2D eigenvalue weighted by Crippen LogP contribution is -2.14. The number of anilines is 1. The molecule has 0 radical (unpaired) electrons. The van der Waals surface area contributed by atoms with Gasteiger partial charge in [-0.15, -0.1) is 0 Å². The van der Waals surface area contributed by atoms with E-state index >= 15 is 0 Å². The number of rotatable bonds is 1. The molecule has 0 unspecified atom stereocenters. The van der Waals surface area contributed by atoms with Crippen LogP contribution in [0.2, 0.25) is 0 Å². The molecule has 68 valence electrons. The average Bonchev–Trinajstić information content (AvgIpc) is 2.47. The van der Waals surface area contributed by atoms with Gasteiger partial charge in [0.1, 0.15) is 0 Å². The zero-order valence-corrected chi connectivity index (χ0v) is 7.58. The largest absolute Gasteiger partial charge is 0.374 e. The number of hydrogen-bond donors (Lipinski definition) is 1. The molecule has 0 spiro atoms. The van der Waals surface area contributed by atoms with Crippen LogP contribution in [0.3, 0.4) is 0 Å². The van der Waals surface area contributed by atoms with Gasteiger partial charge in [-0.05, 0) is 24.1 Å². The molecule has 1 heterocycles. The number of nitrogens with zero attached hydrogens (tertiary/aromatic N) is 1. The summed E-state index contributed by atoms with van der Waals surface area (Å²) in [5, 5.41) is 0. The van der Waals surface area contributed by atoms with E-state index < -0.39 is 0 Å². The second kappa shape index (κ2) is 2.76. The van der Waals surface area contributed by atoms with Gasteiger partial charge in [-0.2, -0.15) is 0 Å². The lowest BCUT2D eigenvalue weighted by atomic mass is 10.1. The van der Waals surface area contributed by atoms with Gasteiger partial charge in [-0.25, -0.2) is 0 Å². The highest BCUT2D eigenvalue weighted by molar-refractivity contribution is 5.94. The summed E-state index contributed by atoms with van der Waals surface area (Å²) in [4.78, 5) is 13.1. The molecule has 3 nitrogen and oxygen atoms in total. The van der Waals surface area contributed by atoms with Gasteiger partial charge in [0.25, 0.3) is 0 Å². The third kappa shape index (κ3) is 1.26. The summed E-state index contributed by atoms with van der Waals surface area (Å²) in [6.45, 7) is 1.03. The quantitative estimate of drug-likeness (QED) is 0.687. The van der Waals surface area contributed by atoms with E-state index in [0.717, 1.165) is 18.7 Å². The van der Waals surface area contributed by atoms with Crippen LogP contribution >= 0.6 is 0 Å². The smallest absolute Gasteiger partial charge is 0.248 e. The lowest BCUT2D eigenvalue weighted by molar-refractivity contribution is 0.100. The minimum absolute atomic E-state index is 0.358. The summed E-state index contributed by atoms with van der Waals surface area (Å²) >= 11 is 0. The molecular formula is C10H12N2O. The van der Waals surface area contributed by atoms with E-state index in [1.807, 2.05) is 19.2 Å². The highest BCUT2D eigenvalue weighted by Crippen LogP contribution is 2.27. The highest BCUT2D eigenvalue weighted by atomic mass is 16.1. The normalized spacial score (nSPS) is 14.4. The standard InChI is InChI=1S/C10H12N2O/c1-12-5-4-7-2-3-8(10(11)13)6-9(7)12/h2-3,6H,4-5H2,1H3,(H2,11,13). The predicted octanol–water partition coefficient (Wildman–Crippen LogP) is 0.778. The number of fused-ring (bicyclic) bond motifs is 1. The van der Waals surface area contributed by atoms with Gasteiger partial charge < -0.3 is 10.6 Å². The molecule has 0 aliphatic carbocycles. The topological polar surface area (TPSA) is 46.3 Å². The minimum Gasteiger partial charge on any atom is -0.374 e. The summed E-state index contributed by atoms with van der Waals surface area (Å²) in [7, 11) is 2.02. The lowest BCUT2D eigenvalue weighted by Gasteiger charge is -2.11. The van der Waals surface area contributed by atoms with E-state index in [1.54, 1.807) is 6.07 Å². The number of hydrogen-bond acceptors (Lipinski definition) is 2. The fourth-order valence-corrected chi connectivity index (χ4v) is 1.69. The molecule has 0 atom stereocenters. The molecule has 2 N–H and O–H groups in total. The van der Waals surface area contributed by atoms with Crippen molar-refractivity contribution in [3.8, 4) is 0 Å². The molecular weight excluding hydrogens is 164 g/mol. The summed E-state index contributed by atoms with van der Waals surface area (Å²) in [6.07, 6.45) is 1.06. The Morgan fingerprint density at radius 3 is 3.00 bits per heavy atom. The van der Waals surface area contributed by atoms with Crippen molar-refractivity contribution in [2.45, 2.75) is 6.42 Å². The zero-order chi connectivity index (χ0) is 9.42. The average molecular weight is 176 g/mol. The summed E-state index contributed by atoms with van der Waals surface area (Å²) in [5.74, 6) is -0.358. The van der Waals surface area contributed by atoms with Gasteiger partial charge in [0.15, 0.2) is 0 Å². The van der Waals surface area contributed by atoms with Crippen molar-refractivity contribution in [3.05, 3.63) is 29.3 Å². The van der Waals surface area contributed by atoms with Crippen molar-refractivity contribution in [1.29, 1.82) is 0 Å². The Hall–Kier alpha value is -1.51. The van der Waals surface area contributed by atoms with Crippen LogP contribution in [0.15, 0.2) is 18.2 Å². The number of primary amides is 1. The van der Waals surface area contributed by atoms with Crippen LogP contribution in [0.1, 0.15) is 15.9 Å². The Morgan fingerprint density at radius 1 is 1.54 bits per heavy atom. The van der Waals surface area contributed by atoms with Crippen LogP contribution in [0.4, 0.5) is 5.69 Å². The Balaban J connectivity index is 2.47. The van der Waals surface area contributed by atoms with Crippen LogP contribution in [0.25, 0.3) is 0 Å². The van der Waals surface area contributed by atoms with Crippen molar-refractivity contribution < 1.29 is 4.79 Å². The fraction of sp³-hybridized carbons (Fsp3) is 0.300. The number of likely N-dealkylation sites (N-methyl/N-ethyl adjacent to an activating group) is 1. The summed E-state index contributed by atoms with van der Waals surface area (Å²) < 4.78 is 0. The molecule has 0 saturated carbocycles. The minimum atomic E-state index is -0.358. The molecule has 0 aromatic heterocycles. The molecule has 1 amide bonds. The SMILES string of the molecule is CN1CCc2ccc(C(N)=O)cc21. The van der Waals surface area contributed by atoms with Crippen LogP contribution < -0.4 is 10.6 Å². The van der Waals surface area contributed by atoms with Crippen LogP contribution in [0.5, 0.6) is 0 Å². The van der Waals surface area contributed by atoms with Crippen LogP contribution in [0, 0.1) is 0 Å². The Labute approximate surface area is 77.1 Å². The maximum absolute atomic E-state index is 10.9. The number of benzene rings is 1. The third-order valence-electron chi connectivity index (χ3n) is 2.50. The van der Waals surface area contributed by atoms with Crippen LogP contribution in [-0.4, -0.2) is 19.5 Å². The van der Waals surface area contributed by atoms with Gasteiger partial charge in [-0.1, -0.05) is 6.07 Å². The van der Waals surface area contributed by atoms with Gasteiger partial charge in [-0.3, -0.25) is 4.79 Å². The fourth-order valence-electron chi connectivity index (χ4n) is 1.69. The number of carbonyl (C=O) groups is 1. The molecule has 1 aliphatic rings. The van der Waals surface area contributed by atoms with Gasteiger partial charge in [0.2, 0.25) is 5.91 Å². The predicted molar refractivity (Wildman–Crippen MR) is 51.9 cm³/mol. The van der Waals surface area contributed by atoms with Gasteiger partial charge >= 0.3 is 0 Å². The van der Waals surface area contributed by atoms with E-state index in [4.69, 9.17) is 5.73 Å². The number of nitrogens with two attached hydrogens (primary N) is 1. The molecule has 1 aliphatic heterocycles. The Morgan fingerprint density at radius 2 is 2.31 bits per heavy atom. The van der Waals surface area contributed by atoms with Gasteiger partial charge in [0.05, 0.1) is 0 Å². The van der Waals surface area contributed by atoms with E-state index in [2.05, 4.69) is 4.90 Å². The molecule has 1 aromatic carbocycles. The zero-order valence-electron chi connectivity index (χ0n) is 7.58. The molecule has 0 saturated heterocycles. The number of carbonyl (C=O) groups excluding carboxylic acids is 1. The molecule has 0 bridgehead atoms. The van der Waals surface area contributed by atoms with E-state index in [9.17, 15) is 4.79 Å². The molecule has 1 aromatic rings. The van der Waals surface area contributed by atoms with E-state index in [-0.39, 0.29) is 5.91 Å². The van der Waals surface area contributed by atoms with Gasteiger partial charge in [0, 0.05) is 24.8 Å². The first kappa shape index (κ1) is 8.10. The second-order valence-corrected chi connectivity index (χ2v) is 3.38. The van der Waals surface area contributed by atoms with E-state index in [0.29, 0.717) is 5.56 Å². The molecule has 13 heavy (non-hydrogen) atoms. The maximum atomic E-state index is 10.9. The molecule has 0 fully saturated rings. The Kier molecular flexibility index (Phi) is 1.72. The first-order chi connectivity index (χ1) is 6.18. The summed E-state index contributed by atoms with van der Waals surface area (Å²) in [5.41, 5.74) is 8.22. The maximum Gasteiger partial charge on any atom is 0.248 e. The molecule has 3 heteroatoms. The van der Waals surface area contributed by atoms with E-state index in [1.165, 1.54) is 5.56 Å². The van der Waals surface area contributed by atoms with Crippen molar-refractivity contribution in [3.63, 3.8) is 0 Å². The van der Waals surface area contributed by atoms with Crippen molar-refractivity contribution in [1.82, 2.24) is 0 Å². The van der Waals surface area contributed by atoms with Crippen LogP contribution in [-0.2, 0) is 6.42 Å². The molecule has 2 rings (SSSR count). The third-order valence-corrected chi connectivity index (χ3v) is 2.50. The number of amides is 1. The first-order valence-electron chi connectivity index (χ1n) is 4.32. The monoisotopic (exact) mass is 176 g/mol. The van der Waals surface area contributed by atoms with Crippen molar-refractivity contribution in [2.75, 3.05) is 18.5 Å². The second-order valence-electron chi connectivity index (χ2n) is 3.38. The first-order valence-corrected chi connectivity index (χ1v) is 4.32. The van der Waals surface area contributed by atoms with Crippen molar-refractivity contribution in [2.24, 2.45) is 5.73 Å². The van der Waals surface area contributed by atoms with Crippen molar-refractivity contribution >= 4 is 11.6 Å².